The zero-order valence-electron chi connectivity index (χ0n) is 18.8. The molecule has 4 heteroatoms. The number of rotatable bonds is 7. The van der Waals surface area contributed by atoms with E-state index < -0.39 is 7.56 Å². The third kappa shape index (κ3) is 4.92. The maximum atomic E-state index is 2.81. The second kappa shape index (κ2) is 11.1. The van der Waals surface area contributed by atoms with Gasteiger partial charge in [-0.3, -0.25) is 0 Å². The number of benzene rings is 4. The van der Waals surface area contributed by atoms with Crippen molar-refractivity contribution >= 4 is 24.2 Å². The zero-order valence-corrected chi connectivity index (χ0v) is 21.3. The van der Waals surface area contributed by atoms with Crippen molar-refractivity contribution in [2.24, 2.45) is 0 Å². The molecule has 0 aliphatic carbocycles. The summed E-state index contributed by atoms with van der Waals surface area (Å²) in [6.45, 7) is 2.29. The number of nitrogens with zero attached hydrogens (tertiary/aromatic N) is 2. The SMILES string of the molecule is [Br-].c1ccc(C[P+](c2ccccc2)(N2CCCC2)N(c2ccccc2)c2ccccc2)cc1. The molecule has 5 rings (SSSR count). The number of para-hydroxylation sites is 2. The van der Waals surface area contributed by atoms with Gasteiger partial charge in [-0.1, -0.05) is 84.9 Å². The van der Waals surface area contributed by atoms with Crippen molar-refractivity contribution in [2.75, 3.05) is 17.8 Å². The summed E-state index contributed by atoms with van der Waals surface area (Å²) in [5.41, 5.74) is 3.92. The molecular weight excluding hydrogens is 487 g/mol. The minimum atomic E-state index is -2.01. The Morgan fingerprint density at radius 1 is 0.576 bits per heavy atom. The molecule has 0 N–H and O–H groups in total. The van der Waals surface area contributed by atoms with E-state index in [0.29, 0.717) is 0 Å². The van der Waals surface area contributed by atoms with Gasteiger partial charge in [-0.25, -0.2) is 0 Å². The summed E-state index contributed by atoms with van der Waals surface area (Å²) in [5, 5.41) is 1.44. The van der Waals surface area contributed by atoms with Crippen molar-refractivity contribution in [1.29, 1.82) is 0 Å². The molecule has 0 radical (unpaired) electrons. The van der Waals surface area contributed by atoms with E-state index in [-0.39, 0.29) is 17.0 Å². The molecule has 0 bridgehead atoms. The first-order valence-electron chi connectivity index (χ1n) is 11.5. The normalized spacial score (nSPS) is 15.4. The van der Waals surface area contributed by atoms with E-state index in [1.807, 2.05) is 0 Å². The molecule has 0 spiro atoms. The van der Waals surface area contributed by atoms with Crippen LogP contribution in [-0.4, -0.2) is 17.8 Å². The summed E-state index contributed by atoms with van der Waals surface area (Å²) in [4.78, 5) is 0. The molecule has 1 aliphatic heterocycles. The lowest BCUT2D eigenvalue weighted by Crippen LogP contribution is -3.00. The molecule has 1 atom stereocenters. The van der Waals surface area contributed by atoms with E-state index in [1.165, 1.54) is 35.1 Å². The Bertz CT molecular complexity index is 1060. The lowest BCUT2D eigenvalue weighted by Gasteiger charge is -2.42. The fraction of sp³-hybridized carbons (Fsp3) is 0.172. The quantitative estimate of drug-likeness (QED) is 0.338. The summed E-state index contributed by atoms with van der Waals surface area (Å²) in [6, 6.07) is 44.3. The third-order valence-electron chi connectivity index (χ3n) is 6.30. The monoisotopic (exact) mass is 516 g/mol. The van der Waals surface area contributed by atoms with Crippen LogP contribution in [0.15, 0.2) is 121 Å². The van der Waals surface area contributed by atoms with E-state index in [1.54, 1.807) is 0 Å². The number of halogens is 1. The molecule has 1 unspecified atom stereocenters. The highest BCUT2D eigenvalue weighted by atomic mass is 79.9. The van der Waals surface area contributed by atoms with Gasteiger partial charge in [0.25, 0.3) is 0 Å². The Hall–Kier alpha value is -2.45. The molecule has 0 aromatic heterocycles. The van der Waals surface area contributed by atoms with Gasteiger partial charge >= 0.3 is 0 Å². The van der Waals surface area contributed by atoms with Crippen molar-refractivity contribution in [3.63, 3.8) is 0 Å². The Balaban J connectivity index is 0.00000259. The fourth-order valence-corrected chi connectivity index (χ4v) is 9.55. The molecule has 0 amide bonds. The minimum absolute atomic E-state index is 0. The Labute approximate surface area is 209 Å². The van der Waals surface area contributed by atoms with Crippen LogP contribution in [0.25, 0.3) is 0 Å². The molecule has 168 valence electrons. The van der Waals surface area contributed by atoms with Crippen molar-refractivity contribution in [1.82, 2.24) is 4.67 Å². The highest BCUT2D eigenvalue weighted by Gasteiger charge is 2.54. The lowest BCUT2D eigenvalue weighted by atomic mass is 10.2. The number of hydrogen-bond acceptors (Lipinski definition) is 2. The molecule has 4 aromatic rings. The maximum Gasteiger partial charge on any atom is 0.217 e. The van der Waals surface area contributed by atoms with Crippen LogP contribution in [0.1, 0.15) is 18.4 Å². The fourth-order valence-electron chi connectivity index (χ4n) is 4.87. The van der Waals surface area contributed by atoms with Crippen LogP contribution < -0.4 is 27.0 Å². The molecular formula is C29H30BrN2P. The van der Waals surface area contributed by atoms with E-state index in [4.69, 9.17) is 0 Å². The molecule has 1 aliphatic rings. The highest BCUT2D eigenvalue weighted by molar-refractivity contribution is 7.81. The van der Waals surface area contributed by atoms with Crippen LogP contribution >= 0.6 is 7.56 Å². The van der Waals surface area contributed by atoms with Crippen molar-refractivity contribution < 1.29 is 17.0 Å². The molecule has 4 aromatic carbocycles. The largest absolute Gasteiger partial charge is 1.00 e. The highest BCUT2D eigenvalue weighted by Crippen LogP contribution is 2.70. The van der Waals surface area contributed by atoms with Gasteiger partial charge in [0, 0.05) is 13.1 Å². The lowest BCUT2D eigenvalue weighted by molar-refractivity contribution is -0.00000638. The van der Waals surface area contributed by atoms with E-state index in [2.05, 4.69) is 131 Å². The van der Waals surface area contributed by atoms with Gasteiger partial charge in [-0.2, -0.15) is 9.34 Å². The maximum absolute atomic E-state index is 2.81. The van der Waals surface area contributed by atoms with Crippen LogP contribution in [0.2, 0.25) is 0 Å². The van der Waals surface area contributed by atoms with Crippen molar-refractivity contribution in [2.45, 2.75) is 19.0 Å². The zero-order chi connectivity index (χ0) is 21.6. The molecule has 1 heterocycles. The standard InChI is InChI=1S/C29H30N2P.BrH/c1-5-15-26(16-6-1)25-32(30-23-13-14-24-30,29-21-11-4-12-22-29)31(27-17-7-2-8-18-27)28-19-9-3-10-20-28;/h1-12,15-22H,13-14,23-25H2;1H/q+1;/p-1. The molecule has 33 heavy (non-hydrogen) atoms. The summed E-state index contributed by atoms with van der Waals surface area (Å²) < 4.78 is 5.50. The summed E-state index contributed by atoms with van der Waals surface area (Å²) in [6.07, 6.45) is 3.54. The van der Waals surface area contributed by atoms with Crippen LogP contribution in [0.3, 0.4) is 0 Å². The van der Waals surface area contributed by atoms with Crippen LogP contribution in [0.4, 0.5) is 11.4 Å². The Morgan fingerprint density at radius 3 is 1.48 bits per heavy atom. The van der Waals surface area contributed by atoms with Gasteiger partial charge in [-0.05, 0) is 54.8 Å². The molecule has 2 nitrogen and oxygen atoms in total. The van der Waals surface area contributed by atoms with Crippen LogP contribution in [-0.2, 0) is 6.16 Å². The van der Waals surface area contributed by atoms with Gasteiger partial charge in [0.2, 0.25) is 7.56 Å². The second-order valence-electron chi connectivity index (χ2n) is 8.35. The van der Waals surface area contributed by atoms with Crippen LogP contribution in [0.5, 0.6) is 0 Å². The number of hydrogen-bond donors (Lipinski definition) is 0. The predicted octanol–water partition coefficient (Wildman–Crippen LogP) is 4.30. The van der Waals surface area contributed by atoms with Gasteiger partial charge in [0.1, 0.15) is 11.5 Å². The first kappa shape index (κ1) is 23.7. The first-order chi connectivity index (χ1) is 15.9. The number of anilines is 2. The van der Waals surface area contributed by atoms with E-state index in [9.17, 15) is 0 Å². The van der Waals surface area contributed by atoms with Gasteiger partial charge < -0.3 is 17.0 Å². The molecule has 1 fully saturated rings. The third-order valence-corrected chi connectivity index (χ3v) is 10.7. The molecule has 1 saturated heterocycles. The average molecular weight is 517 g/mol. The first-order valence-corrected chi connectivity index (χ1v) is 13.4. The van der Waals surface area contributed by atoms with Crippen molar-refractivity contribution in [3.8, 4) is 0 Å². The van der Waals surface area contributed by atoms with Crippen LogP contribution in [0, 0.1) is 0 Å². The summed E-state index contributed by atoms with van der Waals surface area (Å²) >= 11 is 0. The Kier molecular flexibility index (Phi) is 7.98. The topological polar surface area (TPSA) is 6.48 Å². The minimum Gasteiger partial charge on any atom is -1.00 e. The van der Waals surface area contributed by atoms with Gasteiger partial charge in [0.15, 0.2) is 0 Å². The average Bonchev–Trinajstić information content (AvgIpc) is 3.42. The summed E-state index contributed by atoms with van der Waals surface area (Å²) in [7, 11) is -2.01. The Morgan fingerprint density at radius 2 is 1.00 bits per heavy atom. The second-order valence-corrected chi connectivity index (χ2v) is 11.6. The van der Waals surface area contributed by atoms with Gasteiger partial charge in [0.05, 0.1) is 11.4 Å². The predicted molar refractivity (Wildman–Crippen MR) is 139 cm³/mol. The van der Waals surface area contributed by atoms with Crippen molar-refractivity contribution in [3.05, 3.63) is 127 Å². The van der Waals surface area contributed by atoms with Gasteiger partial charge in [-0.15, -0.1) is 0 Å². The molecule has 0 saturated carbocycles. The summed E-state index contributed by atoms with van der Waals surface area (Å²) in [5.74, 6) is 0. The van der Waals surface area contributed by atoms with E-state index >= 15 is 0 Å². The smallest absolute Gasteiger partial charge is 0.217 e. The van der Waals surface area contributed by atoms with E-state index in [0.717, 1.165) is 19.3 Å².